The van der Waals surface area contributed by atoms with Crippen molar-refractivity contribution in [1.29, 1.82) is 0 Å². The molecule has 3 fully saturated rings. The highest BCUT2D eigenvalue weighted by Crippen LogP contribution is 2.56. The Morgan fingerprint density at radius 1 is 1.22 bits per heavy atom. The first-order valence-corrected chi connectivity index (χ1v) is 10.8. The fraction of sp³-hybridized carbons (Fsp3) is 0.765. The summed E-state index contributed by atoms with van der Waals surface area (Å²) in [6.07, 6.45) is 4.24. The van der Waals surface area contributed by atoms with Gasteiger partial charge in [0.1, 0.15) is 18.4 Å². The number of phosphoric acid groups is 1. The maximum Gasteiger partial charge on any atom is 0.475 e. The molecule has 8 nitrogen and oxygen atoms in total. The van der Waals surface area contributed by atoms with Crippen LogP contribution in [0, 0.1) is 5.92 Å². The average molecular weight is 403 g/mol. The molecule has 0 aromatic heterocycles. The van der Waals surface area contributed by atoms with E-state index in [1.54, 1.807) is 0 Å². The predicted molar refractivity (Wildman–Crippen MR) is 89.9 cm³/mol. The fourth-order valence-electron chi connectivity index (χ4n) is 3.93. The minimum Gasteiger partial charge on any atom is -0.349 e. The van der Waals surface area contributed by atoms with E-state index in [9.17, 15) is 18.5 Å². The Balaban J connectivity index is 1.35. The van der Waals surface area contributed by atoms with Gasteiger partial charge in [0.2, 0.25) is 11.7 Å². The van der Waals surface area contributed by atoms with Crippen LogP contribution >= 0.6 is 7.82 Å². The Morgan fingerprint density at radius 3 is 2.78 bits per heavy atom. The summed E-state index contributed by atoms with van der Waals surface area (Å²) < 4.78 is 48.4. The second-order valence-electron chi connectivity index (χ2n) is 7.43. The number of ketones is 1. The summed E-state index contributed by atoms with van der Waals surface area (Å²) in [6, 6.07) is 0. The van der Waals surface area contributed by atoms with Crippen LogP contribution in [0.3, 0.4) is 0 Å². The van der Waals surface area contributed by atoms with Crippen LogP contribution in [0.1, 0.15) is 44.9 Å². The SMILES string of the molecule is O=C1CC(=O)N([C@H]2C[C@@H]3OP(=O)(OCC4CCCCC4)OC[C@H]3O2)C=C1F. The van der Waals surface area contributed by atoms with Crippen LogP contribution in [-0.2, 0) is 32.5 Å². The Morgan fingerprint density at radius 2 is 2.00 bits per heavy atom. The molecule has 0 bridgehead atoms. The Kier molecular flexibility index (Phi) is 5.49. The van der Waals surface area contributed by atoms with Gasteiger partial charge in [0.25, 0.3) is 0 Å². The van der Waals surface area contributed by atoms with Crippen LogP contribution in [0.5, 0.6) is 0 Å². The largest absolute Gasteiger partial charge is 0.475 e. The van der Waals surface area contributed by atoms with Crippen LogP contribution in [0.4, 0.5) is 4.39 Å². The van der Waals surface area contributed by atoms with E-state index in [2.05, 4.69) is 0 Å². The average Bonchev–Trinajstić information content (AvgIpc) is 3.06. The maximum atomic E-state index is 13.6. The first-order chi connectivity index (χ1) is 12.9. The number of amides is 1. The highest BCUT2D eigenvalue weighted by atomic mass is 31.2. The zero-order chi connectivity index (χ0) is 19.0. The Labute approximate surface area is 156 Å². The standard InChI is InChI=1S/C17H23FNO7P/c18-12-8-19(16(21)6-13(12)20)17-7-14-15(25-17)10-24-27(22,26-14)23-9-11-4-2-1-3-5-11/h8,11,14-15,17H,1-7,9-10H2/t14-,15+,17+,27?/m0/s1. The first kappa shape index (κ1) is 19.2. The van der Waals surface area contributed by atoms with Crippen molar-refractivity contribution in [3.05, 3.63) is 12.0 Å². The minimum atomic E-state index is -3.68. The lowest BCUT2D eigenvalue weighted by Gasteiger charge is -2.31. The molecule has 4 atom stereocenters. The van der Waals surface area contributed by atoms with E-state index in [0.29, 0.717) is 12.5 Å². The number of rotatable bonds is 4. The third-order valence-corrected chi connectivity index (χ3v) is 6.92. The van der Waals surface area contributed by atoms with Gasteiger partial charge in [-0.15, -0.1) is 0 Å². The molecule has 3 heterocycles. The van der Waals surface area contributed by atoms with Gasteiger partial charge in [-0.3, -0.25) is 28.1 Å². The Bertz CT molecular complexity index is 693. The predicted octanol–water partition coefficient (Wildman–Crippen LogP) is 2.83. The van der Waals surface area contributed by atoms with Crippen molar-refractivity contribution >= 4 is 19.5 Å². The molecule has 10 heteroatoms. The van der Waals surface area contributed by atoms with Crippen molar-refractivity contribution in [1.82, 2.24) is 4.90 Å². The maximum absolute atomic E-state index is 13.6. The molecule has 0 N–H and O–H groups in total. The summed E-state index contributed by atoms with van der Waals surface area (Å²) in [5, 5.41) is 0. The number of carbonyl (C=O) groups is 2. The number of Topliss-reactive ketones (excluding diaryl/α,β-unsaturated/α-hetero) is 1. The number of fused-ring (bicyclic) bond motifs is 1. The quantitative estimate of drug-likeness (QED) is 0.527. The van der Waals surface area contributed by atoms with Gasteiger partial charge in [-0.25, -0.2) is 8.96 Å². The minimum absolute atomic E-state index is 0.0102. The van der Waals surface area contributed by atoms with Gasteiger partial charge in [0.15, 0.2) is 5.83 Å². The Hall–Kier alpha value is -1.12. The monoisotopic (exact) mass is 403 g/mol. The van der Waals surface area contributed by atoms with Gasteiger partial charge in [-0.05, 0) is 18.8 Å². The lowest BCUT2D eigenvalue weighted by molar-refractivity contribution is -0.146. The zero-order valence-corrected chi connectivity index (χ0v) is 15.8. The number of hydrogen-bond donors (Lipinski definition) is 0. The van der Waals surface area contributed by atoms with E-state index >= 15 is 0 Å². The van der Waals surface area contributed by atoms with Crippen molar-refractivity contribution in [2.75, 3.05) is 13.2 Å². The van der Waals surface area contributed by atoms with Crippen LogP contribution in [0.25, 0.3) is 0 Å². The third-order valence-electron chi connectivity index (χ3n) is 5.46. The lowest BCUT2D eigenvalue weighted by Crippen LogP contribution is -2.40. The second kappa shape index (κ2) is 7.72. The summed E-state index contributed by atoms with van der Waals surface area (Å²) in [6.45, 7) is 0.343. The van der Waals surface area contributed by atoms with Crippen LogP contribution < -0.4 is 0 Å². The molecule has 0 radical (unpaired) electrons. The summed E-state index contributed by atoms with van der Waals surface area (Å²) >= 11 is 0. The summed E-state index contributed by atoms with van der Waals surface area (Å²) in [5.41, 5.74) is 0. The van der Waals surface area contributed by atoms with Gasteiger partial charge in [-0.1, -0.05) is 19.3 Å². The van der Waals surface area contributed by atoms with Crippen LogP contribution in [0.15, 0.2) is 12.0 Å². The molecule has 1 amide bonds. The summed E-state index contributed by atoms with van der Waals surface area (Å²) in [4.78, 5) is 24.3. The first-order valence-electron chi connectivity index (χ1n) is 9.38. The number of hydrogen-bond acceptors (Lipinski definition) is 7. The molecule has 0 aromatic carbocycles. The van der Waals surface area contributed by atoms with Crippen molar-refractivity contribution in [3.8, 4) is 0 Å². The van der Waals surface area contributed by atoms with Crippen molar-refractivity contribution < 1.29 is 36.9 Å². The molecule has 3 aliphatic heterocycles. The molecule has 0 aromatic rings. The number of carbonyl (C=O) groups excluding carboxylic acids is 2. The molecule has 1 aliphatic carbocycles. The van der Waals surface area contributed by atoms with Gasteiger partial charge in [0.05, 0.1) is 19.6 Å². The summed E-state index contributed by atoms with van der Waals surface area (Å²) in [7, 11) is -3.68. The topological polar surface area (TPSA) is 91.4 Å². The molecule has 27 heavy (non-hydrogen) atoms. The molecular weight excluding hydrogens is 380 g/mol. The van der Waals surface area contributed by atoms with E-state index < -0.39 is 50.2 Å². The van der Waals surface area contributed by atoms with Crippen LogP contribution in [0.2, 0.25) is 0 Å². The smallest absolute Gasteiger partial charge is 0.349 e. The van der Waals surface area contributed by atoms with Gasteiger partial charge >= 0.3 is 7.82 Å². The van der Waals surface area contributed by atoms with E-state index in [0.717, 1.165) is 36.8 Å². The van der Waals surface area contributed by atoms with Crippen molar-refractivity contribution in [3.63, 3.8) is 0 Å². The highest BCUT2D eigenvalue weighted by Gasteiger charge is 2.49. The third kappa shape index (κ3) is 4.17. The molecule has 4 aliphatic rings. The molecule has 1 saturated carbocycles. The molecule has 150 valence electrons. The molecular formula is C17H23FNO7P. The van der Waals surface area contributed by atoms with Crippen molar-refractivity contribution in [2.45, 2.75) is 63.4 Å². The molecule has 4 rings (SSSR count). The highest BCUT2D eigenvalue weighted by molar-refractivity contribution is 7.48. The normalized spacial score (nSPS) is 38.0. The summed E-state index contributed by atoms with van der Waals surface area (Å²) in [5.74, 6) is -2.00. The number of phosphoric ester groups is 1. The van der Waals surface area contributed by atoms with E-state index in [1.165, 1.54) is 6.42 Å². The molecule has 1 unspecified atom stereocenters. The zero-order valence-electron chi connectivity index (χ0n) is 14.9. The number of allylic oxidation sites excluding steroid dienone is 1. The lowest BCUT2D eigenvalue weighted by atomic mass is 9.90. The molecule has 2 saturated heterocycles. The number of halogens is 1. The van der Waals surface area contributed by atoms with E-state index in [4.69, 9.17) is 18.3 Å². The number of ether oxygens (including phenoxy) is 1. The van der Waals surface area contributed by atoms with Crippen molar-refractivity contribution in [2.24, 2.45) is 5.92 Å². The fourth-order valence-corrected chi connectivity index (χ4v) is 5.41. The van der Waals surface area contributed by atoms with E-state index in [-0.39, 0.29) is 13.0 Å². The molecule has 0 spiro atoms. The van der Waals surface area contributed by atoms with Gasteiger partial charge in [-0.2, -0.15) is 0 Å². The van der Waals surface area contributed by atoms with Gasteiger partial charge < -0.3 is 4.74 Å². The second-order valence-corrected chi connectivity index (χ2v) is 9.05. The number of nitrogens with zero attached hydrogens (tertiary/aromatic N) is 1. The van der Waals surface area contributed by atoms with E-state index in [1.807, 2.05) is 0 Å². The van der Waals surface area contributed by atoms with Gasteiger partial charge in [0, 0.05) is 12.6 Å². The van der Waals surface area contributed by atoms with Crippen LogP contribution in [-0.4, -0.2) is 48.2 Å².